The van der Waals surface area contributed by atoms with E-state index in [1.54, 1.807) is 12.1 Å². The average molecular weight is 208 g/mol. The van der Waals surface area contributed by atoms with Crippen molar-refractivity contribution in [3.63, 3.8) is 0 Å². The Morgan fingerprint density at radius 2 is 1.80 bits per heavy atom. The van der Waals surface area contributed by atoms with E-state index >= 15 is 0 Å². The van der Waals surface area contributed by atoms with E-state index in [0.717, 1.165) is 0 Å². The first kappa shape index (κ1) is 13.2. The summed E-state index contributed by atoms with van der Waals surface area (Å²) >= 11 is 0. The van der Waals surface area contributed by atoms with Crippen molar-refractivity contribution in [2.45, 2.75) is 20.8 Å². The summed E-state index contributed by atoms with van der Waals surface area (Å²) in [5, 5.41) is 18.1. The van der Waals surface area contributed by atoms with Gasteiger partial charge in [0.2, 0.25) is 0 Å². The highest BCUT2D eigenvalue weighted by molar-refractivity contribution is 5.91. The Morgan fingerprint density at radius 1 is 1.20 bits per heavy atom. The Bertz CT molecular complexity index is 354. The van der Waals surface area contributed by atoms with E-state index in [2.05, 4.69) is 0 Å². The Morgan fingerprint density at radius 3 is 2.27 bits per heavy atom. The van der Waals surface area contributed by atoms with Gasteiger partial charge in [-0.3, -0.25) is 4.79 Å². The van der Waals surface area contributed by atoms with Crippen molar-refractivity contribution in [3.05, 3.63) is 29.8 Å². The van der Waals surface area contributed by atoms with Crippen LogP contribution in [0.1, 0.15) is 26.3 Å². The van der Waals surface area contributed by atoms with Crippen molar-refractivity contribution in [3.8, 4) is 11.5 Å². The fourth-order valence-corrected chi connectivity index (χ4v) is 0.858. The second kappa shape index (κ2) is 6.65. The monoisotopic (exact) mass is 208 g/mol. The van der Waals surface area contributed by atoms with Gasteiger partial charge < -0.3 is 10.2 Å². The van der Waals surface area contributed by atoms with Crippen molar-refractivity contribution in [2.75, 3.05) is 0 Å². The molecule has 3 heteroatoms. The van der Waals surface area contributed by atoms with Crippen LogP contribution in [0.2, 0.25) is 0 Å². The lowest BCUT2D eigenvalue weighted by atomic mass is 10.2. The summed E-state index contributed by atoms with van der Waals surface area (Å²) in [7, 11) is 0. The van der Waals surface area contributed by atoms with Gasteiger partial charge in [-0.25, -0.2) is 0 Å². The van der Waals surface area contributed by atoms with Crippen LogP contribution in [0.5, 0.6) is 11.5 Å². The first-order valence-corrected chi connectivity index (χ1v) is 4.80. The minimum Gasteiger partial charge on any atom is -0.504 e. The quantitative estimate of drug-likeness (QED) is 0.580. The predicted molar refractivity (Wildman–Crippen MR) is 60.8 cm³/mol. The van der Waals surface area contributed by atoms with E-state index in [-0.39, 0.29) is 17.3 Å². The zero-order chi connectivity index (χ0) is 11.8. The van der Waals surface area contributed by atoms with Crippen molar-refractivity contribution < 1.29 is 15.0 Å². The predicted octanol–water partition coefficient (Wildman–Crippen LogP) is 2.73. The summed E-state index contributed by atoms with van der Waals surface area (Å²) in [5.74, 6) is -0.418. The molecule has 82 valence electrons. The second-order valence-electron chi connectivity index (χ2n) is 2.69. The molecule has 0 aliphatic heterocycles. The lowest BCUT2D eigenvalue weighted by Crippen LogP contribution is -1.80. The molecule has 1 rings (SSSR count). The molecule has 0 saturated heterocycles. The molecule has 0 heterocycles. The van der Waals surface area contributed by atoms with Crippen molar-refractivity contribution in [1.82, 2.24) is 0 Å². The van der Waals surface area contributed by atoms with E-state index in [9.17, 15) is 4.79 Å². The number of hydrogen-bond donors (Lipinski definition) is 2. The Labute approximate surface area is 89.7 Å². The highest BCUT2D eigenvalue weighted by atomic mass is 16.3. The Balaban J connectivity index is 0.000000921. The molecule has 1 aromatic carbocycles. The van der Waals surface area contributed by atoms with Gasteiger partial charge in [-0.2, -0.15) is 0 Å². The highest BCUT2D eigenvalue weighted by Crippen LogP contribution is 2.25. The molecule has 1 aromatic rings. The first-order valence-electron chi connectivity index (χ1n) is 4.80. The van der Waals surface area contributed by atoms with Crippen molar-refractivity contribution >= 4 is 11.9 Å². The van der Waals surface area contributed by atoms with Crippen LogP contribution in [0.15, 0.2) is 24.3 Å². The van der Waals surface area contributed by atoms with Gasteiger partial charge in [0.05, 0.1) is 0 Å². The van der Waals surface area contributed by atoms with Crippen LogP contribution in [0.3, 0.4) is 0 Å². The number of carbonyl (C=O) groups excluding carboxylic acids is 1. The first-order chi connectivity index (χ1) is 7.09. The average Bonchev–Trinajstić information content (AvgIpc) is 2.23. The van der Waals surface area contributed by atoms with Crippen LogP contribution in [-0.2, 0) is 4.79 Å². The third-order valence-corrected chi connectivity index (χ3v) is 1.51. The third kappa shape index (κ3) is 4.86. The number of carbonyl (C=O) groups is 1. The number of rotatable bonds is 2. The van der Waals surface area contributed by atoms with Gasteiger partial charge in [0.25, 0.3) is 0 Å². The second-order valence-corrected chi connectivity index (χ2v) is 2.69. The summed E-state index contributed by atoms with van der Waals surface area (Å²) in [4.78, 5) is 10.6. The van der Waals surface area contributed by atoms with E-state index in [4.69, 9.17) is 10.2 Å². The zero-order valence-corrected chi connectivity index (χ0v) is 9.19. The van der Waals surface area contributed by atoms with Crippen LogP contribution >= 0.6 is 0 Å². The molecule has 0 aromatic heterocycles. The summed E-state index contributed by atoms with van der Waals surface area (Å²) < 4.78 is 0. The molecular formula is C12H16O3. The molecule has 0 amide bonds. The number of ketones is 1. The number of benzene rings is 1. The molecule has 15 heavy (non-hydrogen) atoms. The topological polar surface area (TPSA) is 57.5 Å². The van der Waals surface area contributed by atoms with Gasteiger partial charge in [-0.1, -0.05) is 26.0 Å². The zero-order valence-electron chi connectivity index (χ0n) is 9.19. The smallest absolute Gasteiger partial charge is 0.157 e. The molecule has 0 fully saturated rings. The van der Waals surface area contributed by atoms with Crippen LogP contribution < -0.4 is 0 Å². The summed E-state index contributed by atoms with van der Waals surface area (Å²) in [6.07, 6.45) is 2.97. The SMILES string of the molecule is CC.CC(=O)/C=C/c1ccc(O)c(O)c1. The lowest BCUT2D eigenvalue weighted by molar-refractivity contribution is -0.112. The van der Waals surface area contributed by atoms with Crippen LogP contribution in [0, 0.1) is 0 Å². The minimum atomic E-state index is -0.189. The molecule has 0 saturated carbocycles. The number of phenolic OH excluding ortho intramolecular Hbond substituents is 2. The minimum absolute atomic E-state index is 0.0624. The summed E-state index contributed by atoms with van der Waals surface area (Å²) in [6, 6.07) is 4.36. The molecule has 0 aliphatic carbocycles. The molecule has 0 radical (unpaired) electrons. The van der Waals surface area contributed by atoms with Gasteiger partial charge in [-0.05, 0) is 30.7 Å². The van der Waals surface area contributed by atoms with Gasteiger partial charge in [0.15, 0.2) is 17.3 Å². The highest BCUT2D eigenvalue weighted by Gasteiger charge is 1.97. The van der Waals surface area contributed by atoms with Gasteiger partial charge in [0, 0.05) is 0 Å². The standard InChI is InChI=1S/C10H10O3.C2H6/c1-7(11)2-3-8-4-5-9(12)10(13)6-8;1-2/h2-6,12-13H,1H3;1-2H3/b3-2+;. The van der Waals surface area contributed by atoms with Crippen molar-refractivity contribution in [1.29, 1.82) is 0 Å². The fourth-order valence-electron chi connectivity index (χ4n) is 0.858. The number of allylic oxidation sites excluding steroid dienone is 1. The van der Waals surface area contributed by atoms with Crippen molar-refractivity contribution in [2.24, 2.45) is 0 Å². The lowest BCUT2D eigenvalue weighted by Gasteiger charge is -1.97. The largest absolute Gasteiger partial charge is 0.504 e. The van der Waals surface area contributed by atoms with Gasteiger partial charge >= 0.3 is 0 Å². The Kier molecular flexibility index (Phi) is 5.86. The van der Waals surface area contributed by atoms with Gasteiger partial charge in [-0.15, -0.1) is 0 Å². The normalized spacial score (nSPS) is 9.53. The summed E-state index contributed by atoms with van der Waals surface area (Å²) in [5.41, 5.74) is 0.672. The molecule has 0 aliphatic rings. The Hall–Kier alpha value is -1.77. The molecule has 3 nitrogen and oxygen atoms in total. The maximum atomic E-state index is 10.6. The third-order valence-electron chi connectivity index (χ3n) is 1.51. The molecule has 0 unspecified atom stereocenters. The number of hydrogen-bond acceptors (Lipinski definition) is 3. The van der Waals surface area contributed by atoms with E-state index in [0.29, 0.717) is 5.56 Å². The molecule has 0 bridgehead atoms. The maximum absolute atomic E-state index is 10.6. The van der Waals surface area contributed by atoms with E-state index in [1.807, 2.05) is 13.8 Å². The maximum Gasteiger partial charge on any atom is 0.157 e. The van der Waals surface area contributed by atoms with E-state index in [1.165, 1.54) is 25.1 Å². The summed E-state index contributed by atoms with van der Waals surface area (Å²) in [6.45, 7) is 5.44. The molecule has 0 spiro atoms. The van der Waals surface area contributed by atoms with Gasteiger partial charge in [0.1, 0.15) is 0 Å². The number of aromatic hydroxyl groups is 2. The number of phenols is 2. The fraction of sp³-hybridized carbons (Fsp3) is 0.250. The van der Waals surface area contributed by atoms with Crippen LogP contribution in [-0.4, -0.2) is 16.0 Å². The molecular weight excluding hydrogens is 192 g/mol. The van der Waals surface area contributed by atoms with E-state index < -0.39 is 0 Å². The van der Waals surface area contributed by atoms with Crippen LogP contribution in [0.25, 0.3) is 6.08 Å². The van der Waals surface area contributed by atoms with Crippen LogP contribution in [0.4, 0.5) is 0 Å². The molecule has 0 atom stereocenters. The molecule has 2 N–H and O–H groups in total.